The molecule has 3 aromatic carbocycles. The van der Waals surface area contributed by atoms with E-state index in [-0.39, 0.29) is 11.1 Å². The smallest absolute Gasteiger partial charge is 0.461 e. The number of benzene rings is 3. The number of amides is 2. The number of rotatable bonds is 10. The van der Waals surface area contributed by atoms with Gasteiger partial charge in [0.05, 0.1) is 6.61 Å². The third-order valence-electron chi connectivity index (χ3n) is 5.72. The second-order valence-electron chi connectivity index (χ2n) is 8.59. The van der Waals surface area contributed by atoms with E-state index < -0.39 is 71.8 Å². The highest BCUT2D eigenvalue weighted by molar-refractivity contribution is 5.85. The number of urea groups is 1. The Morgan fingerprint density at radius 2 is 1.40 bits per heavy atom. The summed E-state index contributed by atoms with van der Waals surface area (Å²) in [7, 11) is 0. The van der Waals surface area contributed by atoms with E-state index in [2.05, 4.69) is 14.8 Å². The van der Waals surface area contributed by atoms with Gasteiger partial charge < -0.3 is 20.1 Å². The zero-order chi connectivity index (χ0) is 31.3. The van der Waals surface area contributed by atoms with Crippen molar-refractivity contribution in [1.82, 2.24) is 10.6 Å². The largest absolute Gasteiger partial charge is 0.464 e. The molecule has 0 aliphatic rings. The number of nitrogens with one attached hydrogen (secondary N) is 2. The minimum absolute atomic E-state index is 0.0383. The van der Waals surface area contributed by atoms with Crippen molar-refractivity contribution in [2.75, 3.05) is 6.61 Å². The van der Waals surface area contributed by atoms with Gasteiger partial charge in [-0.3, -0.25) is 0 Å². The highest BCUT2D eigenvalue weighted by Crippen LogP contribution is 2.40. The van der Waals surface area contributed by atoms with E-state index in [9.17, 15) is 49.1 Å². The Hall–Kier alpha value is -4.43. The molecule has 0 bridgehead atoms. The van der Waals surface area contributed by atoms with Crippen molar-refractivity contribution in [3.05, 3.63) is 101 Å². The first-order valence-electron chi connectivity index (χ1n) is 11.9. The van der Waals surface area contributed by atoms with E-state index >= 15 is 0 Å². The molecule has 0 aliphatic heterocycles. The van der Waals surface area contributed by atoms with Gasteiger partial charge in [-0.15, -0.1) is 0 Å². The normalized spacial score (nSPS) is 14.1. The molecular weight excluding hydrogens is 587 g/mol. The molecule has 2 amide bonds. The number of alkyl halides is 7. The number of esters is 1. The minimum atomic E-state index is -5.34. The molecule has 0 spiro atoms. The van der Waals surface area contributed by atoms with Crippen molar-refractivity contribution in [3.63, 3.8) is 0 Å². The first-order chi connectivity index (χ1) is 19.6. The number of ether oxygens (including phenoxy) is 2. The van der Waals surface area contributed by atoms with Crippen LogP contribution in [0.1, 0.15) is 23.6 Å². The Labute approximate surface area is 232 Å². The minimum Gasteiger partial charge on any atom is -0.464 e. The summed E-state index contributed by atoms with van der Waals surface area (Å²) in [6.07, 6.45) is -14.7. The molecule has 0 radical (unpaired) electrons. The molecule has 0 saturated heterocycles. The van der Waals surface area contributed by atoms with E-state index in [1.165, 1.54) is 42.6 Å². The highest BCUT2D eigenvalue weighted by atomic mass is 19.4. The Bertz CT molecular complexity index is 1390. The van der Waals surface area contributed by atoms with Gasteiger partial charge in [0, 0.05) is 6.07 Å². The average Bonchev–Trinajstić information content (AvgIpc) is 2.90. The van der Waals surface area contributed by atoms with Gasteiger partial charge in [0.1, 0.15) is 22.9 Å². The maximum absolute atomic E-state index is 14.8. The Morgan fingerprint density at radius 3 is 1.95 bits per heavy atom. The number of hydrogen-bond donors (Lipinski definition) is 2. The van der Waals surface area contributed by atoms with Crippen LogP contribution in [0.25, 0.3) is 0 Å². The highest BCUT2D eigenvalue weighted by Gasteiger charge is 2.49. The molecule has 2 N–H and O–H groups in total. The molecular formula is C27H21F9N2O4. The van der Waals surface area contributed by atoms with Crippen LogP contribution in [0.5, 0.6) is 5.75 Å². The summed E-state index contributed by atoms with van der Waals surface area (Å²) >= 11 is 0. The maximum atomic E-state index is 14.8. The van der Waals surface area contributed by atoms with Crippen molar-refractivity contribution in [1.29, 1.82) is 0 Å². The van der Waals surface area contributed by atoms with Crippen molar-refractivity contribution in [2.24, 2.45) is 0 Å². The second-order valence-corrected chi connectivity index (χ2v) is 8.59. The number of hydrogen-bond acceptors (Lipinski definition) is 4. The van der Waals surface area contributed by atoms with Crippen LogP contribution in [0.15, 0.2) is 72.8 Å². The van der Waals surface area contributed by atoms with Crippen LogP contribution >= 0.6 is 0 Å². The maximum Gasteiger partial charge on any atom is 0.461 e. The fourth-order valence-corrected chi connectivity index (χ4v) is 3.98. The first kappa shape index (κ1) is 32.1. The average molecular weight is 608 g/mol. The van der Waals surface area contributed by atoms with Crippen LogP contribution in [0, 0.1) is 11.6 Å². The summed E-state index contributed by atoms with van der Waals surface area (Å²) in [5.41, 5.74) is -3.02. The Kier molecular flexibility index (Phi) is 9.64. The monoisotopic (exact) mass is 608 g/mol. The molecule has 42 heavy (non-hydrogen) atoms. The van der Waals surface area contributed by atoms with Crippen LogP contribution in [0.2, 0.25) is 0 Å². The lowest BCUT2D eigenvalue weighted by Gasteiger charge is -2.37. The molecule has 3 aromatic rings. The van der Waals surface area contributed by atoms with Gasteiger partial charge in [0.15, 0.2) is 0 Å². The van der Waals surface area contributed by atoms with Gasteiger partial charge in [-0.05, 0) is 47.9 Å². The van der Waals surface area contributed by atoms with Crippen LogP contribution in [-0.2, 0) is 15.1 Å². The van der Waals surface area contributed by atoms with Gasteiger partial charge in [0.2, 0.25) is 6.04 Å². The van der Waals surface area contributed by atoms with Crippen molar-refractivity contribution in [3.8, 4) is 5.75 Å². The first-order valence-corrected chi connectivity index (χ1v) is 11.9. The number of carbonyl (C=O) groups excluding carboxylic acids is 2. The Morgan fingerprint density at radius 1 is 0.810 bits per heavy atom. The molecule has 0 saturated carbocycles. The zero-order valence-electron chi connectivity index (χ0n) is 21.3. The standard InChI is InChI=1S/C27H21F9N2O4/c1-2-41-22(39)21(26(32,33)34)37-24(40)38-25(15-6-4-3-5-7-15,16-8-10-18(28)11-9-16)17-12-19(29)14-20(13-17)42-27(35,36)23(30)31/h3-14,21,23H,2H2,1H3,(H2,37,38,40)/t21?,25-/m1/s1. The van der Waals surface area contributed by atoms with E-state index in [0.29, 0.717) is 18.2 Å². The summed E-state index contributed by atoms with van der Waals surface area (Å²) in [6.45, 7) is 0.759. The van der Waals surface area contributed by atoms with Crippen LogP contribution in [0.4, 0.5) is 44.3 Å². The molecule has 0 aromatic heterocycles. The lowest BCUT2D eigenvalue weighted by Crippen LogP contribution is -2.58. The summed E-state index contributed by atoms with van der Waals surface area (Å²) in [5, 5.41) is 3.63. The predicted molar refractivity (Wildman–Crippen MR) is 129 cm³/mol. The lowest BCUT2D eigenvalue weighted by molar-refractivity contribution is -0.253. The fraction of sp³-hybridized carbons (Fsp3) is 0.259. The summed E-state index contributed by atoms with van der Waals surface area (Å²) < 4.78 is 131. The van der Waals surface area contributed by atoms with Gasteiger partial charge in [-0.1, -0.05) is 42.5 Å². The van der Waals surface area contributed by atoms with Gasteiger partial charge in [-0.2, -0.15) is 30.7 Å². The molecule has 2 atom stereocenters. The van der Waals surface area contributed by atoms with Gasteiger partial charge in [0.25, 0.3) is 0 Å². The van der Waals surface area contributed by atoms with Crippen molar-refractivity contribution < 1.29 is 58.6 Å². The molecule has 15 heteroatoms. The van der Waals surface area contributed by atoms with Gasteiger partial charge in [-0.25, -0.2) is 18.4 Å². The van der Waals surface area contributed by atoms with Crippen LogP contribution in [-0.4, -0.2) is 43.4 Å². The van der Waals surface area contributed by atoms with E-state index in [4.69, 9.17) is 0 Å². The molecule has 0 aliphatic carbocycles. The molecule has 1 unspecified atom stereocenters. The molecule has 3 rings (SSSR count). The molecule has 6 nitrogen and oxygen atoms in total. The fourth-order valence-electron chi connectivity index (χ4n) is 3.98. The third kappa shape index (κ3) is 7.25. The molecule has 0 heterocycles. The number of halogens is 9. The third-order valence-corrected chi connectivity index (χ3v) is 5.72. The summed E-state index contributed by atoms with van der Waals surface area (Å²) in [5.74, 6) is -5.14. The van der Waals surface area contributed by atoms with E-state index in [1.54, 1.807) is 0 Å². The predicted octanol–water partition coefficient (Wildman–Crippen LogP) is 6.29. The topological polar surface area (TPSA) is 76.7 Å². The SMILES string of the molecule is CCOC(=O)C(NC(=O)N[C@](c1ccccc1)(c1ccc(F)cc1)c1cc(F)cc(OC(F)(F)C(F)F)c1)C(F)(F)F. The quantitative estimate of drug-likeness (QED) is 0.161. The lowest BCUT2D eigenvalue weighted by atomic mass is 9.77. The van der Waals surface area contributed by atoms with Crippen LogP contribution < -0.4 is 15.4 Å². The van der Waals surface area contributed by atoms with Crippen molar-refractivity contribution in [2.45, 2.75) is 37.2 Å². The molecule has 226 valence electrons. The second kappa shape index (κ2) is 12.6. The van der Waals surface area contributed by atoms with Gasteiger partial charge >= 0.3 is 30.7 Å². The van der Waals surface area contributed by atoms with E-state index in [1.807, 2.05) is 0 Å². The van der Waals surface area contributed by atoms with Crippen molar-refractivity contribution >= 4 is 12.0 Å². The number of carbonyl (C=O) groups is 2. The zero-order valence-corrected chi connectivity index (χ0v) is 21.3. The molecule has 0 fully saturated rings. The summed E-state index contributed by atoms with van der Waals surface area (Å²) in [6, 6.07) is 7.52. The van der Waals surface area contributed by atoms with Crippen LogP contribution in [0.3, 0.4) is 0 Å². The van der Waals surface area contributed by atoms with E-state index in [0.717, 1.165) is 24.3 Å². The Balaban J connectivity index is 2.27. The summed E-state index contributed by atoms with van der Waals surface area (Å²) in [4.78, 5) is 25.1.